The summed E-state index contributed by atoms with van der Waals surface area (Å²) >= 11 is 0. The topological polar surface area (TPSA) is 52.6 Å². The van der Waals surface area contributed by atoms with Gasteiger partial charge in [-0.2, -0.15) is 8.42 Å². The quantitative estimate of drug-likeness (QED) is 0.747. The van der Waals surface area contributed by atoms with Crippen LogP contribution in [0.5, 0.6) is 11.5 Å². The Kier molecular flexibility index (Phi) is 2.75. The van der Waals surface area contributed by atoms with Crippen molar-refractivity contribution < 1.29 is 21.8 Å². The monoisotopic (exact) mass is 246 g/mol. The Hall–Kier alpha value is -1.30. The molecular formula is C10H11FO4S. The molecular weight excluding hydrogens is 235 g/mol. The molecule has 2 rings (SSSR count). The molecule has 0 radical (unpaired) electrons. The van der Waals surface area contributed by atoms with Crippen molar-refractivity contribution in [2.45, 2.75) is 11.7 Å². The van der Waals surface area contributed by atoms with Crippen LogP contribution in [0.25, 0.3) is 0 Å². The highest BCUT2D eigenvalue weighted by atomic mass is 32.3. The van der Waals surface area contributed by atoms with Crippen LogP contribution in [0, 0.1) is 0 Å². The van der Waals surface area contributed by atoms with Crippen molar-refractivity contribution in [1.82, 2.24) is 0 Å². The molecule has 0 bridgehead atoms. The van der Waals surface area contributed by atoms with Gasteiger partial charge in [-0.3, -0.25) is 0 Å². The van der Waals surface area contributed by atoms with Crippen LogP contribution in [0.3, 0.4) is 0 Å². The second-order valence-corrected chi connectivity index (χ2v) is 5.03. The van der Waals surface area contributed by atoms with Gasteiger partial charge in [0.2, 0.25) is 0 Å². The molecule has 1 aromatic carbocycles. The molecule has 0 fully saturated rings. The average molecular weight is 246 g/mol. The van der Waals surface area contributed by atoms with Gasteiger partial charge in [0.05, 0.1) is 13.7 Å². The molecule has 0 saturated heterocycles. The molecule has 16 heavy (non-hydrogen) atoms. The van der Waals surface area contributed by atoms with E-state index in [9.17, 15) is 12.3 Å². The number of methoxy groups -OCH3 is 1. The maximum Gasteiger partial charge on any atom is 0.309 e. The average Bonchev–Trinajstić information content (AvgIpc) is 2.26. The molecule has 0 N–H and O–H groups in total. The summed E-state index contributed by atoms with van der Waals surface area (Å²) in [5.74, 6) is 0.885. The lowest BCUT2D eigenvalue weighted by atomic mass is 10.1. The van der Waals surface area contributed by atoms with Crippen molar-refractivity contribution in [2.24, 2.45) is 0 Å². The van der Waals surface area contributed by atoms with E-state index in [4.69, 9.17) is 9.47 Å². The fraction of sp³-hybridized carbons (Fsp3) is 0.400. The maximum atomic E-state index is 13.1. The summed E-state index contributed by atoms with van der Waals surface area (Å²) in [5.41, 5.74) is 0.327. The predicted molar refractivity (Wildman–Crippen MR) is 55.9 cm³/mol. The number of benzene rings is 1. The zero-order valence-electron chi connectivity index (χ0n) is 8.64. The zero-order chi connectivity index (χ0) is 11.8. The number of fused-ring (bicyclic) bond motifs is 1. The molecule has 88 valence electrons. The Bertz CT molecular complexity index is 498. The Morgan fingerprint density at radius 3 is 2.88 bits per heavy atom. The summed E-state index contributed by atoms with van der Waals surface area (Å²) in [7, 11) is -3.14. The van der Waals surface area contributed by atoms with E-state index in [-0.39, 0.29) is 13.0 Å². The second-order valence-electron chi connectivity index (χ2n) is 3.51. The minimum Gasteiger partial charge on any atom is -0.497 e. The van der Waals surface area contributed by atoms with Crippen LogP contribution in [0.4, 0.5) is 3.89 Å². The molecule has 0 aromatic heterocycles. The Morgan fingerprint density at radius 2 is 2.25 bits per heavy atom. The standard InChI is InChI=1S/C10H11FO4S/c1-14-7-2-3-9-8(6-7)10(4-5-15-9)16(11,12)13/h2-3,6,10H,4-5H2,1H3. The van der Waals surface area contributed by atoms with Gasteiger partial charge in [-0.05, 0) is 18.2 Å². The van der Waals surface area contributed by atoms with Crippen molar-refractivity contribution in [3.63, 3.8) is 0 Å². The smallest absolute Gasteiger partial charge is 0.309 e. The van der Waals surface area contributed by atoms with Gasteiger partial charge in [-0.1, -0.05) is 0 Å². The summed E-state index contributed by atoms with van der Waals surface area (Å²) in [4.78, 5) is 0. The summed E-state index contributed by atoms with van der Waals surface area (Å²) in [5, 5.41) is -1.15. The van der Waals surface area contributed by atoms with Gasteiger partial charge in [0.25, 0.3) is 0 Å². The van der Waals surface area contributed by atoms with Crippen molar-refractivity contribution in [2.75, 3.05) is 13.7 Å². The van der Waals surface area contributed by atoms with Gasteiger partial charge in [-0.15, -0.1) is 3.89 Å². The zero-order valence-corrected chi connectivity index (χ0v) is 9.46. The van der Waals surface area contributed by atoms with E-state index < -0.39 is 15.5 Å². The summed E-state index contributed by atoms with van der Waals surface area (Å²) in [6.45, 7) is 0.202. The molecule has 1 aliphatic heterocycles. The van der Waals surface area contributed by atoms with Gasteiger partial charge in [0, 0.05) is 12.0 Å². The van der Waals surface area contributed by atoms with Crippen molar-refractivity contribution in [3.05, 3.63) is 23.8 Å². The lowest BCUT2D eigenvalue weighted by molar-refractivity contribution is 0.280. The molecule has 6 heteroatoms. The molecule has 0 amide bonds. The van der Waals surface area contributed by atoms with Crippen LogP contribution in [-0.2, 0) is 10.2 Å². The van der Waals surface area contributed by atoms with Crippen LogP contribution < -0.4 is 9.47 Å². The largest absolute Gasteiger partial charge is 0.497 e. The number of rotatable bonds is 2. The van der Waals surface area contributed by atoms with E-state index in [0.29, 0.717) is 17.1 Å². The predicted octanol–water partition coefficient (Wildman–Crippen LogP) is 1.82. The minimum absolute atomic E-state index is 0.124. The third-order valence-corrected chi connectivity index (χ3v) is 3.71. The van der Waals surface area contributed by atoms with E-state index in [0.717, 1.165) is 0 Å². The van der Waals surface area contributed by atoms with Gasteiger partial charge in [0.1, 0.15) is 16.7 Å². The Labute approximate surface area is 93.2 Å². The van der Waals surface area contributed by atoms with E-state index in [1.54, 1.807) is 12.1 Å². The normalized spacial score (nSPS) is 19.8. The Morgan fingerprint density at radius 1 is 1.50 bits per heavy atom. The third kappa shape index (κ3) is 1.97. The van der Waals surface area contributed by atoms with Crippen LogP contribution in [-0.4, -0.2) is 22.1 Å². The van der Waals surface area contributed by atoms with Crippen molar-refractivity contribution in [1.29, 1.82) is 0 Å². The first kappa shape index (κ1) is 11.2. The third-order valence-electron chi connectivity index (χ3n) is 2.54. The van der Waals surface area contributed by atoms with Crippen LogP contribution in [0.2, 0.25) is 0 Å². The molecule has 1 heterocycles. The SMILES string of the molecule is COc1ccc2c(c1)C(S(=O)(=O)F)CCO2. The minimum atomic E-state index is -4.60. The molecule has 4 nitrogen and oxygen atoms in total. The maximum absolute atomic E-state index is 13.1. The van der Waals surface area contributed by atoms with Gasteiger partial charge < -0.3 is 9.47 Å². The highest BCUT2D eigenvalue weighted by Crippen LogP contribution is 2.39. The molecule has 1 aliphatic rings. The van der Waals surface area contributed by atoms with E-state index >= 15 is 0 Å². The molecule has 1 aromatic rings. The summed E-state index contributed by atoms with van der Waals surface area (Å²) in [6.07, 6.45) is 0.124. The highest BCUT2D eigenvalue weighted by molar-refractivity contribution is 7.86. The van der Waals surface area contributed by atoms with E-state index in [2.05, 4.69) is 0 Å². The number of hydrogen-bond acceptors (Lipinski definition) is 4. The molecule has 1 atom stereocenters. The van der Waals surface area contributed by atoms with E-state index in [1.807, 2.05) is 0 Å². The first-order valence-electron chi connectivity index (χ1n) is 4.76. The summed E-state index contributed by atoms with van der Waals surface area (Å²) < 4.78 is 45.3. The fourth-order valence-corrected chi connectivity index (χ4v) is 2.63. The highest BCUT2D eigenvalue weighted by Gasteiger charge is 2.32. The van der Waals surface area contributed by atoms with Crippen molar-refractivity contribution >= 4 is 10.2 Å². The molecule has 0 spiro atoms. The number of ether oxygens (including phenoxy) is 2. The second kappa shape index (κ2) is 3.93. The molecule has 0 saturated carbocycles. The molecule has 1 unspecified atom stereocenters. The van der Waals surface area contributed by atoms with Gasteiger partial charge >= 0.3 is 10.2 Å². The Balaban J connectivity index is 2.52. The van der Waals surface area contributed by atoms with Crippen molar-refractivity contribution in [3.8, 4) is 11.5 Å². The fourth-order valence-electron chi connectivity index (χ4n) is 1.76. The first-order chi connectivity index (χ1) is 7.52. The lowest BCUT2D eigenvalue weighted by Crippen LogP contribution is -2.19. The van der Waals surface area contributed by atoms with Crippen LogP contribution in [0.15, 0.2) is 18.2 Å². The van der Waals surface area contributed by atoms with Gasteiger partial charge in [0.15, 0.2) is 0 Å². The van der Waals surface area contributed by atoms with Crippen LogP contribution >= 0.6 is 0 Å². The molecule has 0 aliphatic carbocycles. The number of halogens is 1. The first-order valence-corrected chi connectivity index (χ1v) is 6.21. The van der Waals surface area contributed by atoms with Crippen LogP contribution in [0.1, 0.15) is 17.2 Å². The van der Waals surface area contributed by atoms with E-state index in [1.165, 1.54) is 13.2 Å². The van der Waals surface area contributed by atoms with Gasteiger partial charge in [-0.25, -0.2) is 0 Å². The number of hydrogen-bond donors (Lipinski definition) is 0. The summed E-state index contributed by atoms with van der Waals surface area (Å²) in [6, 6.07) is 4.73. The lowest BCUT2D eigenvalue weighted by Gasteiger charge is -2.23.